The van der Waals surface area contributed by atoms with Gasteiger partial charge >= 0.3 is 60.2 Å². The summed E-state index contributed by atoms with van der Waals surface area (Å²) in [5.74, 6) is -5.65. The first-order valence-corrected chi connectivity index (χ1v) is 27.2. The molecular formula is C58H81N5O22. The van der Waals surface area contributed by atoms with Crippen LogP contribution < -0.4 is 21.3 Å². The number of carbonyl (C=O) groups excluding carboxylic acids is 10. The highest BCUT2D eigenvalue weighted by Gasteiger charge is 2.59. The van der Waals surface area contributed by atoms with Crippen LogP contribution in [0.1, 0.15) is 109 Å². The third-order valence-electron chi connectivity index (χ3n) is 11.1. The molecule has 3 fully saturated rings. The number of cyclic esters (lactones) is 4. The summed E-state index contributed by atoms with van der Waals surface area (Å²) in [4.78, 5) is 120. The standard InChI is InChI=1S/C32H50N4O11.C10H19NO3.C8H6O4.C4H2O3.C4H4O/c1-19(35-28(40)46-31(5,6)7)33-15-17-43-26(38)24-22-14-13-21(44-22)23(24)25(37)42-16-11-12-20(36-29(41)47-32(8,9)10)18-34-27(39)45-30(2,3)4;1-8(6-5-7-12)11-9(13)14-10(2,3)4;9-7-5-3-1-2-4(11-3)6(5)8(10)12-7;5-3-1-2-4(6)7-3;1-2-4-5-3-1/h13-14,21-24,33H,1,11-12,15-18H2,2-10H3,(H,34,39)(H,35,40);12H,1,5-7H2,2-4H3,(H,11,13);1-6H;1-2H;1-4H. The number of aliphatic hydroxyl groups excluding tert-OH is 1. The van der Waals surface area contributed by atoms with Gasteiger partial charge in [0, 0.05) is 30.2 Å². The monoisotopic (exact) mass is 1200 g/mol. The first-order chi connectivity index (χ1) is 39.5. The maximum absolute atomic E-state index is 13.1. The Morgan fingerprint density at radius 3 is 1.48 bits per heavy atom. The van der Waals surface area contributed by atoms with Gasteiger partial charge in [0.1, 0.15) is 58.5 Å². The number of amides is 4. The number of rotatable bonds is 17. The molecule has 6 aliphatic rings. The number of nitrogens with one attached hydrogen (secondary N) is 4. The van der Waals surface area contributed by atoms with Gasteiger partial charge in [-0.1, -0.05) is 37.5 Å². The molecule has 1 aromatic rings. The third kappa shape index (κ3) is 27.4. The van der Waals surface area contributed by atoms with Crippen LogP contribution >= 0.6 is 0 Å². The highest BCUT2D eigenvalue weighted by atomic mass is 16.6. The summed E-state index contributed by atoms with van der Waals surface area (Å²) in [6.45, 7) is 28.2. The first-order valence-electron chi connectivity index (χ1n) is 27.2. The number of hydrogen-bond acceptors (Lipinski definition) is 23. The van der Waals surface area contributed by atoms with Crippen molar-refractivity contribution in [1.82, 2.24) is 21.3 Å². The molecule has 85 heavy (non-hydrogen) atoms. The third-order valence-corrected chi connectivity index (χ3v) is 11.1. The van der Waals surface area contributed by atoms with Crippen molar-refractivity contribution in [2.45, 2.75) is 156 Å². The molecule has 0 radical (unpaired) electrons. The van der Waals surface area contributed by atoms with Crippen molar-refractivity contribution < 1.29 is 105 Å². The highest BCUT2D eigenvalue weighted by molar-refractivity contribution is 6.05. The van der Waals surface area contributed by atoms with Crippen molar-refractivity contribution in [2.75, 3.05) is 32.9 Å². The lowest BCUT2D eigenvalue weighted by Crippen LogP contribution is -2.39. The summed E-state index contributed by atoms with van der Waals surface area (Å²) >= 11 is 0. The maximum Gasteiger partial charge on any atom is 0.434 e. The smallest absolute Gasteiger partial charge is 0.434 e. The number of hydrogen-bond donors (Lipinski definition) is 5. The molecule has 3 saturated heterocycles. The van der Waals surface area contributed by atoms with Gasteiger partial charge in [-0.25, -0.2) is 28.8 Å². The van der Waals surface area contributed by atoms with Crippen LogP contribution in [0.3, 0.4) is 0 Å². The van der Waals surface area contributed by atoms with Crippen LogP contribution in [0.5, 0.6) is 0 Å². The Kier molecular flexibility index (Phi) is 27.4. The second-order valence-corrected chi connectivity index (χ2v) is 23.2. The number of aliphatic imine (C=N–C) groups is 1. The van der Waals surface area contributed by atoms with Gasteiger partial charge < -0.3 is 67.5 Å². The largest absolute Gasteiger partial charge is 0.473 e. The Hall–Kier alpha value is -8.17. The lowest BCUT2D eigenvalue weighted by molar-refractivity contribution is -0.159. The summed E-state index contributed by atoms with van der Waals surface area (Å²) in [6, 6.07) is 3.67. The molecule has 0 aliphatic carbocycles. The maximum atomic E-state index is 13.1. The van der Waals surface area contributed by atoms with E-state index in [1.165, 1.54) is 0 Å². The van der Waals surface area contributed by atoms with Crippen LogP contribution in [0.4, 0.5) is 19.2 Å². The number of aliphatic hydroxyl groups is 1. The van der Waals surface area contributed by atoms with Crippen LogP contribution in [0.25, 0.3) is 0 Å². The van der Waals surface area contributed by atoms with E-state index in [4.69, 9.17) is 43.0 Å². The van der Waals surface area contributed by atoms with Gasteiger partial charge in [-0.3, -0.25) is 29.8 Å². The number of fused-ring (bicyclic) bond motifs is 7. The minimum Gasteiger partial charge on any atom is -0.473 e. The molecule has 8 atom stereocenters. The van der Waals surface area contributed by atoms with E-state index in [0.29, 0.717) is 24.3 Å². The zero-order chi connectivity index (χ0) is 63.9. The number of alkyl carbamates (subject to hydrolysis) is 3. The minimum absolute atomic E-state index is 0.0470. The Bertz CT molecular complexity index is 2590. The second kappa shape index (κ2) is 32.8. The quantitative estimate of drug-likeness (QED) is 0.0287. The summed E-state index contributed by atoms with van der Waals surface area (Å²) < 4.78 is 55.7. The van der Waals surface area contributed by atoms with Crippen molar-refractivity contribution in [3.8, 4) is 0 Å². The zero-order valence-corrected chi connectivity index (χ0v) is 50.1. The molecule has 4 bridgehead atoms. The van der Waals surface area contributed by atoms with Gasteiger partial charge in [0.2, 0.25) is 0 Å². The summed E-state index contributed by atoms with van der Waals surface area (Å²) in [7, 11) is 0. The predicted octanol–water partition coefficient (Wildman–Crippen LogP) is 6.25. The van der Waals surface area contributed by atoms with Crippen molar-refractivity contribution in [3.05, 3.63) is 85.8 Å². The molecule has 0 aromatic carbocycles. The molecule has 7 heterocycles. The van der Waals surface area contributed by atoms with Crippen molar-refractivity contribution in [2.24, 2.45) is 28.7 Å². The number of carbonyl (C=O) groups is 10. The predicted molar refractivity (Wildman–Crippen MR) is 300 cm³/mol. The topological polar surface area (TPSA) is 357 Å². The van der Waals surface area contributed by atoms with E-state index in [1.54, 1.807) is 108 Å². The van der Waals surface area contributed by atoms with Gasteiger partial charge in [-0.2, -0.15) is 4.99 Å². The molecule has 470 valence electrons. The van der Waals surface area contributed by atoms with E-state index in [-0.39, 0.29) is 75.6 Å². The van der Waals surface area contributed by atoms with Gasteiger partial charge in [0.05, 0.1) is 56.6 Å². The zero-order valence-electron chi connectivity index (χ0n) is 50.1. The minimum atomic E-state index is -0.905. The van der Waals surface area contributed by atoms with Gasteiger partial charge in [-0.05, 0) is 121 Å². The molecule has 27 nitrogen and oxygen atoms in total. The SMILES string of the molecule is C=C(CCCO)NC(=O)OC(C)(C)C.C=C(NCCOC(=O)C1C2C=CC(O2)C1C(=O)OCCCC(CNC(=O)OC(C)(C)C)=NC(=O)OC(C)(C)C)NC(=O)OC(C)(C)C.O=C1C=CC(=O)O1.O=C1OC(=O)C2C3C=CC(O3)C12.c1ccoc1. The van der Waals surface area contributed by atoms with E-state index in [1.807, 2.05) is 24.3 Å². The van der Waals surface area contributed by atoms with Gasteiger partial charge in [0.15, 0.2) is 0 Å². The van der Waals surface area contributed by atoms with E-state index in [2.05, 4.69) is 53.3 Å². The molecule has 4 amide bonds. The van der Waals surface area contributed by atoms with Gasteiger partial charge in [-0.15, -0.1) is 0 Å². The molecule has 8 unspecified atom stereocenters. The summed E-state index contributed by atoms with van der Waals surface area (Å²) in [6.07, 6.45) is 9.72. The fourth-order valence-corrected chi connectivity index (χ4v) is 7.86. The Morgan fingerprint density at radius 1 is 0.576 bits per heavy atom. The van der Waals surface area contributed by atoms with Crippen LogP contribution in [-0.2, 0) is 76.1 Å². The number of furan rings is 1. The second-order valence-electron chi connectivity index (χ2n) is 23.2. The molecule has 0 saturated carbocycles. The molecule has 27 heteroatoms. The highest BCUT2D eigenvalue weighted by Crippen LogP contribution is 2.44. The van der Waals surface area contributed by atoms with Crippen LogP contribution in [0.15, 0.2) is 95.2 Å². The molecule has 5 N–H and O–H groups in total. The normalized spacial score (nSPS) is 21.9. The van der Waals surface area contributed by atoms with Crippen molar-refractivity contribution in [3.63, 3.8) is 0 Å². The molecule has 6 aliphatic heterocycles. The van der Waals surface area contributed by atoms with E-state index < -0.39 is 107 Å². The van der Waals surface area contributed by atoms with Crippen LogP contribution in [-0.4, -0.2) is 151 Å². The van der Waals surface area contributed by atoms with E-state index in [9.17, 15) is 47.9 Å². The summed E-state index contributed by atoms with van der Waals surface area (Å²) in [5, 5.41) is 18.9. The Labute approximate surface area is 493 Å². The molecule has 0 spiro atoms. The fraction of sp³-hybridized carbons (Fsp3) is 0.569. The number of allylic oxidation sites excluding steroid dienone is 1. The van der Waals surface area contributed by atoms with E-state index >= 15 is 0 Å². The lowest BCUT2D eigenvalue weighted by Gasteiger charge is -2.23. The average molecular weight is 1200 g/mol. The molecular weight excluding hydrogens is 1120 g/mol. The van der Waals surface area contributed by atoms with Crippen molar-refractivity contribution >= 4 is 65.9 Å². The fourth-order valence-electron chi connectivity index (χ4n) is 7.86. The van der Waals surface area contributed by atoms with Crippen LogP contribution in [0, 0.1) is 23.7 Å². The van der Waals surface area contributed by atoms with Gasteiger partial charge in [0.25, 0.3) is 0 Å². The number of ether oxygens (including phenoxy) is 10. The molecule has 7 rings (SSSR count). The van der Waals surface area contributed by atoms with E-state index in [0.717, 1.165) is 12.2 Å². The summed E-state index contributed by atoms with van der Waals surface area (Å²) in [5.41, 5.74) is -1.79. The lowest BCUT2D eigenvalue weighted by atomic mass is 9.83. The van der Waals surface area contributed by atoms with Crippen molar-refractivity contribution in [1.29, 1.82) is 0 Å². The Morgan fingerprint density at radius 2 is 1.04 bits per heavy atom. The Balaban J connectivity index is 0.000000389. The molecule has 1 aromatic heterocycles. The van der Waals surface area contributed by atoms with Crippen LogP contribution in [0.2, 0.25) is 0 Å². The average Bonchev–Trinajstić information content (AvgIpc) is 2.11. The first kappa shape index (κ1) is 71.1. The number of esters is 6. The number of nitrogens with zero attached hydrogens (tertiary/aromatic N) is 1.